The smallest absolute Gasteiger partial charge is 0.244 e. The summed E-state index contributed by atoms with van der Waals surface area (Å²) in [5, 5.41) is 0. The van der Waals surface area contributed by atoms with Crippen molar-refractivity contribution in [2.75, 3.05) is 6.61 Å². The zero-order chi connectivity index (χ0) is 10.2. The molecule has 78 valence electrons. The van der Waals surface area contributed by atoms with E-state index in [0.29, 0.717) is 19.4 Å². The summed E-state index contributed by atoms with van der Waals surface area (Å²) < 4.78 is 5.26. The zero-order valence-corrected chi connectivity index (χ0v) is 8.12. The van der Waals surface area contributed by atoms with Crippen LogP contribution in [0.5, 0.6) is 0 Å². The average Bonchev–Trinajstić information content (AvgIpc) is 2.25. The van der Waals surface area contributed by atoms with Gasteiger partial charge in [-0.15, -0.1) is 12.3 Å². The molecule has 1 atom stereocenters. The van der Waals surface area contributed by atoms with Crippen molar-refractivity contribution in [1.29, 1.82) is 0 Å². The highest BCUT2D eigenvalue weighted by molar-refractivity contribution is 5.74. The van der Waals surface area contributed by atoms with Crippen LogP contribution in [0.15, 0.2) is 0 Å². The number of hydrogen-bond acceptors (Lipinski definition) is 3. The second-order valence-corrected chi connectivity index (χ2v) is 3.14. The van der Waals surface area contributed by atoms with E-state index in [4.69, 9.17) is 16.0 Å². The van der Waals surface area contributed by atoms with E-state index in [-0.39, 0.29) is 12.2 Å². The van der Waals surface area contributed by atoms with Gasteiger partial charge in [-0.2, -0.15) is 0 Å². The third-order valence-corrected chi connectivity index (χ3v) is 1.94. The Morgan fingerprint density at radius 2 is 2.50 bits per heavy atom. The Bertz CT molecular complexity index is 216. The molecule has 1 aliphatic rings. The molecule has 1 rings (SSSR count). The average molecular weight is 197 g/mol. The van der Waals surface area contributed by atoms with Crippen molar-refractivity contribution >= 4 is 5.91 Å². The highest BCUT2D eigenvalue weighted by Gasteiger charge is 2.15. The van der Waals surface area contributed by atoms with E-state index in [1.165, 1.54) is 0 Å². The van der Waals surface area contributed by atoms with Gasteiger partial charge in [-0.3, -0.25) is 4.79 Å². The number of carbonyl (C=O) groups excluding carboxylic acids is 1. The van der Waals surface area contributed by atoms with Crippen LogP contribution in [0.1, 0.15) is 32.1 Å². The van der Waals surface area contributed by atoms with E-state index in [1.54, 1.807) is 0 Å². The number of ether oxygens (including phenoxy) is 1. The van der Waals surface area contributed by atoms with Crippen LogP contribution in [0.25, 0.3) is 0 Å². The van der Waals surface area contributed by atoms with Crippen LogP contribution in [0, 0.1) is 12.3 Å². The first kappa shape index (κ1) is 11.0. The van der Waals surface area contributed by atoms with E-state index in [0.717, 1.165) is 19.3 Å². The van der Waals surface area contributed by atoms with Gasteiger partial charge in [0.1, 0.15) is 0 Å². The summed E-state index contributed by atoms with van der Waals surface area (Å²) >= 11 is 0. The molecule has 1 saturated heterocycles. The van der Waals surface area contributed by atoms with Crippen LogP contribution < -0.4 is 5.48 Å². The minimum absolute atomic E-state index is 0.197. The maximum absolute atomic E-state index is 11.1. The van der Waals surface area contributed by atoms with Crippen molar-refractivity contribution in [2.24, 2.45) is 0 Å². The van der Waals surface area contributed by atoms with Crippen LogP contribution in [-0.4, -0.2) is 18.8 Å². The lowest BCUT2D eigenvalue weighted by Crippen LogP contribution is -2.32. The Morgan fingerprint density at radius 3 is 3.14 bits per heavy atom. The van der Waals surface area contributed by atoms with E-state index < -0.39 is 0 Å². The third kappa shape index (κ3) is 4.26. The fourth-order valence-electron chi connectivity index (χ4n) is 1.17. The summed E-state index contributed by atoms with van der Waals surface area (Å²) in [6.45, 7) is 0.699. The zero-order valence-electron chi connectivity index (χ0n) is 8.12. The van der Waals surface area contributed by atoms with Crippen molar-refractivity contribution in [3.63, 3.8) is 0 Å². The largest absolute Gasteiger partial charge is 0.350 e. The lowest BCUT2D eigenvalue weighted by molar-refractivity contribution is -0.200. The summed E-state index contributed by atoms with van der Waals surface area (Å²) in [6, 6.07) is 0. The lowest BCUT2D eigenvalue weighted by Gasteiger charge is -2.21. The molecular weight excluding hydrogens is 182 g/mol. The summed E-state index contributed by atoms with van der Waals surface area (Å²) in [5.74, 6) is 2.19. The molecular formula is C10H15NO3. The SMILES string of the molecule is C#CCCC(=O)NOC1CCCCO1. The topological polar surface area (TPSA) is 47.6 Å². The van der Waals surface area contributed by atoms with E-state index in [1.807, 2.05) is 0 Å². The molecule has 0 aromatic rings. The van der Waals surface area contributed by atoms with Gasteiger partial charge < -0.3 is 4.74 Å². The second-order valence-electron chi connectivity index (χ2n) is 3.14. The number of rotatable bonds is 4. The summed E-state index contributed by atoms with van der Waals surface area (Å²) in [5.41, 5.74) is 2.33. The maximum Gasteiger partial charge on any atom is 0.244 e. The number of amides is 1. The van der Waals surface area contributed by atoms with E-state index in [2.05, 4.69) is 11.4 Å². The molecule has 1 amide bonds. The molecule has 0 aromatic heterocycles. The molecule has 0 saturated carbocycles. The van der Waals surface area contributed by atoms with Gasteiger partial charge in [0, 0.05) is 25.9 Å². The predicted octanol–water partition coefficient (Wildman–Crippen LogP) is 0.974. The molecule has 1 N–H and O–H groups in total. The predicted molar refractivity (Wildman–Crippen MR) is 50.9 cm³/mol. The Hall–Kier alpha value is -1.05. The Balaban J connectivity index is 2.07. The van der Waals surface area contributed by atoms with Crippen LogP contribution >= 0.6 is 0 Å². The van der Waals surface area contributed by atoms with Crippen LogP contribution in [0.4, 0.5) is 0 Å². The normalized spacial score (nSPS) is 21.2. The van der Waals surface area contributed by atoms with E-state index >= 15 is 0 Å². The Kier molecular flexibility index (Phi) is 5.05. The van der Waals surface area contributed by atoms with Gasteiger partial charge in [-0.1, -0.05) is 0 Å². The molecule has 0 radical (unpaired) electrons. The number of carbonyl (C=O) groups is 1. The molecule has 1 aliphatic heterocycles. The molecule has 0 aromatic carbocycles. The second kappa shape index (κ2) is 6.41. The monoisotopic (exact) mass is 197 g/mol. The number of nitrogens with one attached hydrogen (secondary N) is 1. The molecule has 1 fully saturated rings. The lowest BCUT2D eigenvalue weighted by atomic mass is 10.2. The first-order chi connectivity index (χ1) is 6.83. The van der Waals surface area contributed by atoms with Crippen molar-refractivity contribution in [2.45, 2.75) is 38.4 Å². The highest BCUT2D eigenvalue weighted by atomic mass is 16.8. The molecule has 1 heterocycles. The number of terminal acetylenes is 1. The standard InChI is InChI=1S/C10H15NO3/c1-2-3-6-9(12)11-14-10-7-4-5-8-13-10/h1,10H,3-8H2,(H,11,12). The van der Waals surface area contributed by atoms with Crippen molar-refractivity contribution in [3.8, 4) is 12.3 Å². The quantitative estimate of drug-likeness (QED) is 0.539. The Labute approximate surface area is 83.9 Å². The van der Waals surface area contributed by atoms with Crippen LogP contribution in [0.2, 0.25) is 0 Å². The molecule has 1 unspecified atom stereocenters. The Morgan fingerprint density at radius 1 is 1.64 bits per heavy atom. The van der Waals surface area contributed by atoms with E-state index in [9.17, 15) is 4.79 Å². The number of hydrogen-bond donors (Lipinski definition) is 1. The maximum atomic E-state index is 11.1. The minimum Gasteiger partial charge on any atom is -0.350 e. The molecule has 0 spiro atoms. The molecule has 0 aliphatic carbocycles. The number of hydroxylamine groups is 1. The van der Waals surface area contributed by atoms with Crippen LogP contribution in [-0.2, 0) is 14.4 Å². The van der Waals surface area contributed by atoms with Gasteiger partial charge >= 0.3 is 0 Å². The summed E-state index contributed by atoms with van der Waals surface area (Å²) in [6.07, 6.45) is 8.42. The van der Waals surface area contributed by atoms with Gasteiger partial charge in [-0.05, 0) is 12.8 Å². The van der Waals surface area contributed by atoms with Crippen molar-refractivity contribution in [1.82, 2.24) is 5.48 Å². The van der Waals surface area contributed by atoms with Gasteiger partial charge in [-0.25, -0.2) is 10.3 Å². The van der Waals surface area contributed by atoms with Crippen LogP contribution in [0.3, 0.4) is 0 Å². The fourth-order valence-corrected chi connectivity index (χ4v) is 1.17. The highest BCUT2D eigenvalue weighted by Crippen LogP contribution is 2.12. The fraction of sp³-hybridized carbons (Fsp3) is 0.700. The minimum atomic E-state index is -0.293. The van der Waals surface area contributed by atoms with Crippen molar-refractivity contribution < 1.29 is 14.4 Å². The molecule has 4 heteroatoms. The molecule has 14 heavy (non-hydrogen) atoms. The first-order valence-corrected chi connectivity index (χ1v) is 4.82. The van der Waals surface area contributed by atoms with Gasteiger partial charge in [0.25, 0.3) is 0 Å². The van der Waals surface area contributed by atoms with Gasteiger partial charge in [0.05, 0.1) is 0 Å². The van der Waals surface area contributed by atoms with Gasteiger partial charge in [0.15, 0.2) is 6.29 Å². The first-order valence-electron chi connectivity index (χ1n) is 4.82. The summed E-state index contributed by atoms with van der Waals surface area (Å²) in [7, 11) is 0. The third-order valence-electron chi connectivity index (χ3n) is 1.94. The van der Waals surface area contributed by atoms with Crippen molar-refractivity contribution in [3.05, 3.63) is 0 Å². The summed E-state index contributed by atoms with van der Waals surface area (Å²) in [4.78, 5) is 16.1. The van der Waals surface area contributed by atoms with Gasteiger partial charge in [0.2, 0.25) is 5.91 Å². The molecule has 4 nitrogen and oxygen atoms in total. The molecule has 0 bridgehead atoms.